The van der Waals surface area contributed by atoms with Gasteiger partial charge in [-0.2, -0.15) is 18.9 Å². The maximum absolute atomic E-state index is 10.7. The molecule has 0 amide bonds. The van der Waals surface area contributed by atoms with Crippen LogP contribution in [0.15, 0.2) is 34.7 Å². The van der Waals surface area contributed by atoms with Crippen molar-refractivity contribution in [2.24, 2.45) is 0 Å². The zero-order valence-electron chi connectivity index (χ0n) is 14.2. The summed E-state index contributed by atoms with van der Waals surface area (Å²) in [6.07, 6.45) is 4.44. The molecule has 0 aliphatic carbocycles. The molecule has 0 radical (unpaired) electrons. The monoisotopic (exact) mass is 350 g/mol. The molecule has 0 bridgehead atoms. The van der Waals surface area contributed by atoms with E-state index >= 15 is 0 Å². The molecule has 0 aromatic heterocycles. The average molecular weight is 350 g/mol. The smallest absolute Gasteiger partial charge is 0.266 e. The van der Waals surface area contributed by atoms with Crippen molar-refractivity contribution in [2.75, 3.05) is 32.4 Å². The van der Waals surface area contributed by atoms with Crippen LogP contribution < -0.4 is 0 Å². The van der Waals surface area contributed by atoms with Crippen LogP contribution in [0.5, 0.6) is 0 Å². The number of rotatable bonds is 7. The Labute approximate surface area is 143 Å². The van der Waals surface area contributed by atoms with Gasteiger partial charge in [0.25, 0.3) is 10.1 Å². The first-order chi connectivity index (χ1) is 11.2. The fourth-order valence-corrected chi connectivity index (χ4v) is 3.00. The number of allylic oxidation sites excluding steroid dienone is 6. The summed E-state index contributed by atoms with van der Waals surface area (Å²) in [7, 11) is -2.12. The van der Waals surface area contributed by atoms with Crippen molar-refractivity contribution >= 4 is 10.1 Å². The highest BCUT2D eigenvalue weighted by molar-refractivity contribution is 7.85. The number of hydrogen-bond donors (Lipinski definition) is 1. The third-order valence-electron chi connectivity index (χ3n) is 3.75. The van der Waals surface area contributed by atoms with Crippen molar-refractivity contribution in [1.82, 2.24) is 9.80 Å². The predicted molar refractivity (Wildman–Crippen MR) is 91.0 cm³/mol. The van der Waals surface area contributed by atoms with Crippen LogP contribution in [0.3, 0.4) is 0 Å². The van der Waals surface area contributed by atoms with Crippen LogP contribution in [0.25, 0.3) is 0 Å². The van der Waals surface area contributed by atoms with Gasteiger partial charge in [0.05, 0.1) is 5.75 Å². The van der Waals surface area contributed by atoms with E-state index in [2.05, 4.69) is 4.90 Å². The van der Waals surface area contributed by atoms with Crippen molar-refractivity contribution in [3.8, 4) is 12.1 Å². The van der Waals surface area contributed by atoms with Crippen LogP contribution in [0.1, 0.15) is 20.3 Å². The van der Waals surface area contributed by atoms with Crippen molar-refractivity contribution in [3.05, 3.63) is 34.7 Å². The average Bonchev–Trinajstić information content (AvgIpc) is 2.48. The van der Waals surface area contributed by atoms with Gasteiger partial charge in [0, 0.05) is 30.1 Å². The highest BCUT2D eigenvalue weighted by Gasteiger charge is 2.16. The summed E-state index contributed by atoms with van der Waals surface area (Å²) < 4.78 is 30.2. The lowest BCUT2D eigenvalue weighted by atomic mass is 10.0. The SMILES string of the molecule is CC1=CC(=C(C#N)C#N)C=C(C)N1CCCN(C)CCS(=O)(=O)O. The molecule has 0 saturated heterocycles. The van der Waals surface area contributed by atoms with E-state index in [0.717, 1.165) is 24.4 Å². The van der Waals surface area contributed by atoms with Gasteiger partial charge in [-0.25, -0.2) is 0 Å². The molecule has 1 N–H and O–H groups in total. The zero-order chi connectivity index (χ0) is 18.3. The Morgan fingerprint density at radius 2 is 1.75 bits per heavy atom. The van der Waals surface area contributed by atoms with Gasteiger partial charge in [0.2, 0.25) is 0 Å². The van der Waals surface area contributed by atoms with E-state index in [-0.39, 0.29) is 17.9 Å². The number of nitriles is 2. The van der Waals surface area contributed by atoms with E-state index < -0.39 is 10.1 Å². The van der Waals surface area contributed by atoms with E-state index in [1.165, 1.54) is 0 Å². The largest absolute Gasteiger partial charge is 0.349 e. The third kappa shape index (κ3) is 6.17. The van der Waals surface area contributed by atoms with Crippen LogP contribution >= 0.6 is 0 Å². The summed E-state index contributed by atoms with van der Waals surface area (Å²) in [4.78, 5) is 3.94. The molecular weight excluding hydrogens is 328 g/mol. The number of nitrogens with zero attached hydrogens (tertiary/aromatic N) is 4. The molecule has 0 spiro atoms. The molecule has 1 aliphatic heterocycles. The summed E-state index contributed by atoms with van der Waals surface area (Å²) in [5, 5.41) is 17.9. The molecule has 0 saturated carbocycles. The second-order valence-electron chi connectivity index (χ2n) is 5.72. The fourth-order valence-electron chi connectivity index (χ4n) is 2.46. The first-order valence-corrected chi connectivity index (χ1v) is 9.11. The van der Waals surface area contributed by atoms with Crippen LogP contribution in [-0.4, -0.2) is 55.2 Å². The van der Waals surface area contributed by atoms with Crippen LogP contribution in [0, 0.1) is 22.7 Å². The van der Waals surface area contributed by atoms with Gasteiger partial charge >= 0.3 is 0 Å². The Hall–Kier alpha value is -2.13. The Bertz CT molecular complexity index is 713. The molecule has 1 heterocycles. The van der Waals surface area contributed by atoms with Crippen molar-refractivity contribution in [1.29, 1.82) is 10.5 Å². The van der Waals surface area contributed by atoms with E-state index in [0.29, 0.717) is 12.1 Å². The second-order valence-corrected chi connectivity index (χ2v) is 7.29. The Kier molecular flexibility index (Phi) is 7.18. The highest BCUT2D eigenvalue weighted by atomic mass is 32.2. The summed E-state index contributed by atoms with van der Waals surface area (Å²) in [6.45, 7) is 5.55. The standard InChI is InChI=1S/C16H22N4O3S/c1-13-9-15(16(11-17)12-18)10-14(2)20(13)6-4-5-19(3)7-8-24(21,22)23/h9-10H,4-8H2,1-3H3,(H,21,22,23). The molecule has 1 rings (SSSR count). The molecular formula is C16H22N4O3S. The maximum atomic E-state index is 10.7. The zero-order valence-corrected chi connectivity index (χ0v) is 15.0. The Balaban J connectivity index is 2.61. The van der Waals surface area contributed by atoms with Crippen molar-refractivity contribution < 1.29 is 13.0 Å². The lowest BCUT2D eigenvalue weighted by Crippen LogP contribution is -2.30. The van der Waals surface area contributed by atoms with E-state index in [9.17, 15) is 8.42 Å². The quantitative estimate of drug-likeness (QED) is 0.549. The molecule has 130 valence electrons. The minimum absolute atomic E-state index is 0.0956. The first-order valence-electron chi connectivity index (χ1n) is 7.50. The molecule has 7 nitrogen and oxygen atoms in total. The lowest BCUT2D eigenvalue weighted by molar-refractivity contribution is 0.315. The maximum Gasteiger partial charge on any atom is 0.266 e. The minimum atomic E-state index is -3.93. The summed E-state index contributed by atoms with van der Waals surface area (Å²) in [5.41, 5.74) is 2.62. The molecule has 0 unspecified atom stereocenters. The van der Waals surface area contributed by atoms with Gasteiger partial charge in [-0.1, -0.05) is 0 Å². The molecule has 1 aliphatic rings. The Morgan fingerprint density at radius 1 is 1.21 bits per heavy atom. The fraction of sp³-hybridized carbons (Fsp3) is 0.500. The first kappa shape index (κ1) is 19.9. The minimum Gasteiger partial charge on any atom is -0.349 e. The van der Waals surface area contributed by atoms with Gasteiger partial charge in [0.15, 0.2) is 0 Å². The summed E-state index contributed by atoms with van der Waals surface area (Å²) in [5.74, 6) is -0.273. The van der Waals surface area contributed by atoms with Gasteiger partial charge in [-0.15, -0.1) is 0 Å². The topological polar surface area (TPSA) is 108 Å². The molecule has 0 aromatic carbocycles. The van der Waals surface area contributed by atoms with Crippen LogP contribution in [0.2, 0.25) is 0 Å². The van der Waals surface area contributed by atoms with Crippen LogP contribution in [-0.2, 0) is 10.1 Å². The molecule has 0 aromatic rings. The van der Waals surface area contributed by atoms with E-state index in [1.807, 2.05) is 43.0 Å². The van der Waals surface area contributed by atoms with Gasteiger partial charge in [-0.05, 0) is 46.0 Å². The predicted octanol–water partition coefficient (Wildman–Crippen LogP) is 1.66. The van der Waals surface area contributed by atoms with Crippen molar-refractivity contribution in [2.45, 2.75) is 20.3 Å². The van der Waals surface area contributed by atoms with E-state index in [4.69, 9.17) is 15.1 Å². The van der Waals surface area contributed by atoms with Gasteiger partial charge in [-0.3, -0.25) is 4.55 Å². The molecule has 0 atom stereocenters. The summed E-state index contributed by atoms with van der Waals surface area (Å²) in [6, 6.07) is 3.79. The molecule has 8 heteroatoms. The van der Waals surface area contributed by atoms with Gasteiger partial charge in [0.1, 0.15) is 17.7 Å². The Morgan fingerprint density at radius 3 is 2.21 bits per heavy atom. The molecule has 0 fully saturated rings. The van der Waals surface area contributed by atoms with E-state index in [1.54, 1.807) is 7.05 Å². The number of hydrogen-bond acceptors (Lipinski definition) is 6. The van der Waals surface area contributed by atoms with Crippen LogP contribution in [0.4, 0.5) is 0 Å². The third-order valence-corrected chi connectivity index (χ3v) is 4.44. The second kappa shape index (κ2) is 8.65. The normalized spacial score (nSPS) is 14.8. The van der Waals surface area contributed by atoms with Crippen molar-refractivity contribution in [3.63, 3.8) is 0 Å². The lowest BCUT2D eigenvalue weighted by Gasteiger charge is -2.30. The molecule has 24 heavy (non-hydrogen) atoms. The highest BCUT2D eigenvalue weighted by Crippen LogP contribution is 2.24. The summed E-state index contributed by atoms with van der Waals surface area (Å²) >= 11 is 0. The van der Waals surface area contributed by atoms with Gasteiger partial charge < -0.3 is 9.80 Å².